The minimum Gasteiger partial charge on any atom is -0.310 e. The number of nitrogens with zero attached hydrogens (tertiary/aromatic N) is 2. The molecule has 1 N–H and O–H groups in total. The Morgan fingerprint density at radius 2 is 1.81 bits per heavy atom. The number of hydrogen-bond donors (Lipinski definition) is 1. The standard InChI is InChI=1S/C13H15F2N3S3/c1-7(2)16-6-8-4-9(14)11(10(15)5-8)20-13-18-17-12(19-3)21-13/h4-5,7,16H,6H2,1-3H3. The van der Waals surface area contributed by atoms with Crippen LogP contribution in [0.5, 0.6) is 0 Å². The van der Waals surface area contributed by atoms with Gasteiger partial charge < -0.3 is 5.32 Å². The zero-order valence-corrected chi connectivity index (χ0v) is 14.3. The van der Waals surface area contributed by atoms with Crippen molar-refractivity contribution in [1.29, 1.82) is 0 Å². The molecule has 114 valence electrons. The highest BCUT2D eigenvalue weighted by atomic mass is 32.2. The number of thioether (sulfide) groups is 1. The van der Waals surface area contributed by atoms with E-state index in [1.165, 1.54) is 35.2 Å². The van der Waals surface area contributed by atoms with Gasteiger partial charge in [-0.05, 0) is 24.0 Å². The van der Waals surface area contributed by atoms with Gasteiger partial charge in [-0.15, -0.1) is 10.2 Å². The van der Waals surface area contributed by atoms with Gasteiger partial charge in [-0.2, -0.15) is 0 Å². The fourth-order valence-electron chi connectivity index (χ4n) is 1.54. The Kier molecular flexibility index (Phi) is 5.98. The number of aromatic nitrogens is 2. The Hall–Kier alpha value is -0.700. The number of nitrogens with one attached hydrogen (secondary N) is 1. The van der Waals surface area contributed by atoms with Crippen LogP contribution in [-0.2, 0) is 6.54 Å². The first-order valence-corrected chi connectivity index (χ1v) is 9.12. The molecule has 21 heavy (non-hydrogen) atoms. The molecular weight excluding hydrogens is 332 g/mol. The second-order valence-electron chi connectivity index (χ2n) is 4.56. The lowest BCUT2D eigenvalue weighted by Gasteiger charge is -2.10. The van der Waals surface area contributed by atoms with Gasteiger partial charge >= 0.3 is 0 Å². The van der Waals surface area contributed by atoms with Gasteiger partial charge in [0.2, 0.25) is 0 Å². The fourth-order valence-corrected chi connectivity index (χ4v) is 3.93. The summed E-state index contributed by atoms with van der Waals surface area (Å²) in [5.41, 5.74) is 0.588. The second-order valence-corrected chi connectivity index (χ2v) is 7.85. The van der Waals surface area contributed by atoms with Gasteiger partial charge in [0, 0.05) is 12.6 Å². The SMILES string of the molecule is CSc1nnc(Sc2c(F)cc(CNC(C)C)cc2F)s1. The lowest BCUT2D eigenvalue weighted by molar-refractivity contribution is 0.529. The smallest absolute Gasteiger partial charge is 0.180 e. The van der Waals surface area contributed by atoms with Crippen molar-refractivity contribution >= 4 is 34.9 Å². The van der Waals surface area contributed by atoms with Crippen LogP contribution in [-0.4, -0.2) is 22.5 Å². The molecule has 0 aliphatic carbocycles. The van der Waals surface area contributed by atoms with E-state index in [1.54, 1.807) is 0 Å². The number of hydrogen-bond acceptors (Lipinski definition) is 6. The van der Waals surface area contributed by atoms with E-state index in [1.807, 2.05) is 20.1 Å². The van der Waals surface area contributed by atoms with Crippen molar-refractivity contribution in [2.24, 2.45) is 0 Å². The highest BCUT2D eigenvalue weighted by Crippen LogP contribution is 2.36. The average molecular weight is 347 g/mol. The zero-order valence-electron chi connectivity index (χ0n) is 11.8. The average Bonchev–Trinajstić information content (AvgIpc) is 2.88. The summed E-state index contributed by atoms with van der Waals surface area (Å²) >= 11 is 3.75. The third-order valence-corrected chi connectivity index (χ3v) is 5.57. The monoisotopic (exact) mass is 347 g/mol. The summed E-state index contributed by atoms with van der Waals surface area (Å²) in [6, 6.07) is 2.98. The van der Waals surface area contributed by atoms with Crippen LogP contribution in [0.4, 0.5) is 8.78 Å². The molecule has 0 atom stereocenters. The molecule has 0 aliphatic heterocycles. The summed E-state index contributed by atoms with van der Waals surface area (Å²) in [5, 5.41) is 11.0. The van der Waals surface area contributed by atoms with E-state index < -0.39 is 11.6 Å². The normalized spacial score (nSPS) is 11.3. The van der Waals surface area contributed by atoms with Crippen molar-refractivity contribution in [1.82, 2.24) is 15.5 Å². The van der Waals surface area contributed by atoms with Crippen LogP contribution in [0.1, 0.15) is 19.4 Å². The quantitative estimate of drug-likeness (QED) is 0.793. The predicted molar refractivity (Wildman–Crippen MR) is 84.1 cm³/mol. The molecule has 1 aromatic carbocycles. The van der Waals surface area contributed by atoms with Gasteiger partial charge in [-0.3, -0.25) is 0 Å². The van der Waals surface area contributed by atoms with Crippen molar-refractivity contribution in [2.75, 3.05) is 6.26 Å². The van der Waals surface area contributed by atoms with E-state index in [2.05, 4.69) is 15.5 Å². The minimum absolute atomic E-state index is 0.0351. The van der Waals surface area contributed by atoms with Crippen LogP contribution in [0.25, 0.3) is 0 Å². The topological polar surface area (TPSA) is 37.8 Å². The van der Waals surface area contributed by atoms with Gasteiger partial charge in [-0.25, -0.2) is 8.78 Å². The van der Waals surface area contributed by atoms with Crippen molar-refractivity contribution < 1.29 is 8.78 Å². The van der Waals surface area contributed by atoms with Crippen LogP contribution < -0.4 is 5.32 Å². The number of halogens is 2. The zero-order chi connectivity index (χ0) is 15.4. The van der Waals surface area contributed by atoms with Gasteiger partial charge in [0.15, 0.2) is 8.68 Å². The summed E-state index contributed by atoms with van der Waals surface area (Å²) in [6.07, 6.45) is 1.88. The van der Waals surface area contributed by atoms with Gasteiger partial charge in [0.1, 0.15) is 11.6 Å². The molecule has 0 aliphatic rings. The number of rotatable bonds is 6. The first kappa shape index (κ1) is 16.7. The Bertz CT molecular complexity index is 593. The summed E-state index contributed by atoms with van der Waals surface area (Å²) < 4.78 is 29.5. The molecule has 0 saturated carbocycles. The molecule has 1 heterocycles. The summed E-state index contributed by atoms with van der Waals surface area (Å²) in [5.74, 6) is -1.14. The van der Waals surface area contributed by atoms with E-state index in [9.17, 15) is 8.78 Å². The fraction of sp³-hybridized carbons (Fsp3) is 0.385. The van der Waals surface area contributed by atoms with Gasteiger partial charge in [0.25, 0.3) is 0 Å². The number of benzene rings is 1. The van der Waals surface area contributed by atoms with E-state index in [4.69, 9.17) is 0 Å². The third-order valence-electron chi connectivity index (χ3n) is 2.52. The van der Waals surface area contributed by atoms with Crippen molar-refractivity contribution in [3.63, 3.8) is 0 Å². The molecule has 0 bridgehead atoms. The van der Waals surface area contributed by atoms with E-state index in [0.717, 1.165) is 16.1 Å². The van der Waals surface area contributed by atoms with Gasteiger partial charge in [-0.1, -0.05) is 48.7 Å². The molecule has 1 aromatic heterocycles. The predicted octanol–water partition coefficient (Wildman–Crippen LogP) is 4.19. The Balaban J connectivity index is 2.16. The first-order chi connectivity index (χ1) is 9.99. The molecule has 2 rings (SSSR count). The summed E-state index contributed by atoms with van der Waals surface area (Å²) in [6.45, 7) is 4.40. The Morgan fingerprint density at radius 3 is 2.33 bits per heavy atom. The maximum atomic E-state index is 14.1. The van der Waals surface area contributed by atoms with Crippen LogP contribution in [0.15, 0.2) is 25.7 Å². The Labute approximate surface area is 134 Å². The molecule has 0 unspecified atom stereocenters. The highest BCUT2D eigenvalue weighted by Gasteiger charge is 2.15. The molecule has 0 amide bonds. The first-order valence-electron chi connectivity index (χ1n) is 6.26. The highest BCUT2D eigenvalue weighted by molar-refractivity contribution is 8.03. The maximum absolute atomic E-state index is 14.1. The van der Waals surface area contributed by atoms with Crippen molar-refractivity contribution in [3.05, 3.63) is 29.3 Å². The summed E-state index contributed by atoms with van der Waals surface area (Å²) in [7, 11) is 0. The molecule has 3 nitrogen and oxygen atoms in total. The van der Waals surface area contributed by atoms with Crippen molar-refractivity contribution in [2.45, 2.75) is 40.0 Å². The lowest BCUT2D eigenvalue weighted by atomic mass is 10.2. The largest absolute Gasteiger partial charge is 0.310 e. The molecule has 0 spiro atoms. The molecule has 0 fully saturated rings. The maximum Gasteiger partial charge on any atom is 0.180 e. The van der Waals surface area contributed by atoms with Crippen LogP contribution >= 0.6 is 34.9 Å². The van der Waals surface area contributed by atoms with E-state index in [-0.39, 0.29) is 10.9 Å². The molecule has 0 radical (unpaired) electrons. The molecular formula is C13H15F2N3S3. The van der Waals surface area contributed by atoms with Crippen LogP contribution in [0, 0.1) is 11.6 Å². The third kappa shape index (κ3) is 4.64. The lowest BCUT2D eigenvalue weighted by Crippen LogP contribution is -2.22. The molecule has 8 heteroatoms. The molecule has 0 saturated heterocycles. The van der Waals surface area contributed by atoms with Gasteiger partial charge in [0.05, 0.1) is 4.90 Å². The van der Waals surface area contributed by atoms with E-state index >= 15 is 0 Å². The van der Waals surface area contributed by atoms with Crippen LogP contribution in [0.2, 0.25) is 0 Å². The minimum atomic E-state index is -0.568. The van der Waals surface area contributed by atoms with Crippen LogP contribution in [0.3, 0.4) is 0 Å². The Morgan fingerprint density at radius 1 is 1.19 bits per heavy atom. The summed E-state index contributed by atoms with van der Waals surface area (Å²) in [4.78, 5) is -0.0351. The van der Waals surface area contributed by atoms with Crippen molar-refractivity contribution in [3.8, 4) is 0 Å². The second kappa shape index (κ2) is 7.53. The molecule has 2 aromatic rings. The van der Waals surface area contributed by atoms with E-state index in [0.29, 0.717) is 16.4 Å².